The quantitative estimate of drug-likeness (QED) is 0.847. The van der Waals surface area contributed by atoms with Crippen LogP contribution < -0.4 is 10.6 Å². The fourth-order valence-corrected chi connectivity index (χ4v) is 4.45. The van der Waals surface area contributed by atoms with Crippen LogP contribution in [0.4, 0.5) is 5.69 Å². The van der Waals surface area contributed by atoms with Gasteiger partial charge in [0.2, 0.25) is 5.91 Å². The molecule has 0 unspecified atom stereocenters. The lowest BCUT2D eigenvalue weighted by atomic mass is 9.92. The molecular formula is C18H18ClN3O2S. The van der Waals surface area contributed by atoms with Crippen LogP contribution in [0, 0.1) is 0 Å². The molecule has 0 saturated carbocycles. The molecule has 3 heterocycles. The summed E-state index contributed by atoms with van der Waals surface area (Å²) in [5, 5.41) is 8.93. The summed E-state index contributed by atoms with van der Waals surface area (Å²) in [7, 11) is 0. The highest BCUT2D eigenvalue weighted by atomic mass is 35.5. The van der Waals surface area contributed by atoms with Gasteiger partial charge in [-0.2, -0.15) is 0 Å². The Bertz CT molecular complexity index is 814. The van der Waals surface area contributed by atoms with Crippen molar-refractivity contribution < 1.29 is 9.59 Å². The normalized spacial score (nSPS) is 18.4. The molecule has 1 fully saturated rings. The van der Waals surface area contributed by atoms with Gasteiger partial charge < -0.3 is 15.5 Å². The Labute approximate surface area is 155 Å². The molecule has 2 aliphatic heterocycles. The van der Waals surface area contributed by atoms with Crippen molar-refractivity contribution in [1.82, 2.24) is 10.2 Å². The van der Waals surface area contributed by atoms with Gasteiger partial charge in [0.25, 0.3) is 5.91 Å². The summed E-state index contributed by atoms with van der Waals surface area (Å²) in [4.78, 5) is 27.9. The van der Waals surface area contributed by atoms with Crippen molar-refractivity contribution in [1.29, 1.82) is 0 Å². The number of likely N-dealkylation sites (tertiary alicyclic amines) is 1. The number of halogens is 1. The Morgan fingerprint density at radius 2 is 2.00 bits per heavy atom. The SMILES string of the molecule is O=C1NC2(CCN(C(=O)Cc3cccs3)CC2)Nc2cccc(Cl)c21. The lowest BCUT2D eigenvalue weighted by Gasteiger charge is -2.46. The summed E-state index contributed by atoms with van der Waals surface area (Å²) >= 11 is 7.75. The smallest absolute Gasteiger partial charge is 0.256 e. The first-order valence-electron chi connectivity index (χ1n) is 8.26. The summed E-state index contributed by atoms with van der Waals surface area (Å²) in [5.41, 5.74) is 0.745. The zero-order chi connectivity index (χ0) is 17.4. The first-order chi connectivity index (χ1) is 12.1. The number of amides is 2. The lowest BCUT2D eigenvalue weighted by Crippen LogP contribution is -2.62. The summed E-state index contributed by atoms with van der Waals surface area (Å²) < 4.78 is 0. The monoisotopic (exact) mass is 375 g/mol. The number of anilines is 1. The van der Waals surface area contributed by atoms with Gasteiger partial charge in [-0.1, -0.05) is 23.7 Å². The zero-order valence-corrected chi connectivity index (χ0v) is 15.1. The molecule has 2 aliphatic rings. The Morgan fingerprint density at radius 1 is 1.20 bits per heavy atom. The van der Waals surface area contributed by atoms with Crippen LogP contribution in [0.15, 0.2) is 35.7 Å². The molecule has 0 bridgehead atoms. The van der Waals surface area contributed by atoms with Crippen LogP contribution in [0.5, 0.6) is 0 Å². The molecule has 1 aromatic carbocycles. The lowest BCUT2D eigenvalue weighted by molar-refractivity contribution is -0.131. The number of piperidine rings is 1. The van der Waals surface area contributed by atoms with Gasteiger partial charge in [-0.15, -0.1) is 11.3 Å². The van der Waals surface area contributed by atoms with E-state index in [2.05, 4.69) is 10.6 Å². The van der Waals surface area contributed by atoms with E-state index in [1.54, 1.807) is 17.4 Å². The molecule has 5 nitrogen and oxygen atoms in total. The van der Waals surface area contributed by atoms with Crippen LogP contribution in [0.2, 0.25) is 5.02 Å². The third-order valence-corrected chi connectivity index (χ3v) is 6.03. The summed E-state index contributed by atoms with van der Waals surface area (Å²) in [6.45, 7) is 1.24. The Hall–Kier alpha value is -2.05. The second-order valence-electron chi connectivity index (χ2n) is 6.46. The maximum atomic E-state index is 12.5. The van der Waals surface area contributed by atoms with E-state index in [1.165, 1.54) is 0 Å². The Kier molecular flexibility index (Phi) is 4.17. The van der Waals surface area contributed by atoms with Crippen molar-refractivity contribution in [3.8, 4) is 0 Å². The predicted octanol–water partition coefficient (Wildman–Crippen LogP) is 3.12. The van der Waals surface area contributed by atoms with Gasteiger partial charge in [-0.05, 0) is 23.6 Å². The summed E-state index contributed by atoms with van der Waals surface area (Å²) in [6, 6.07) is 9.36. The van der Waals surface area contributed by atoms with Crippen LogP contribution in [-0.4, -0.2) is 35.5 Å². The van der Waals surface area contributed by atoms with Gasteiger partial charge in [0, 0.05) is 30.8 Å². The van der Waals surface area contributed by atoms with Crippen molar-refractivity contribution in [3.05, 3.63) is 51.2 Å². The highest BCUT2D eigenvalue weighted by Gasteiger charge is 2.41. The van der Waals surface area contributed by atoms with Crippen molar-refractivity contribution in [2.45, 2.75) is 24.9 Å². The molecule has 25 heavy (non-hydrogen) atoms. The predicted molar refractivity (Wildman–Crippen MR) is 99.1 cm³/mol. The van der Waals surface area contributed by atoms with E-state index >= 15 is 0 Å². The average Bonchev–Trinajstić information content (AvgIpc) is 3.08. The highest BCUT2D eigenvalue weighted by Crippen LogP contribution is 2.34. The maximum absolute atomic E-state index is 12.5. The van der Waals surface area contributed by atoms with E-state index in [0.29, 0.717) is 42.9 Å². The molecule has 1 aromatic heterocycles. The summed E-state index contributed by atoms with van der Waals surface area (Å²) in [6.07, 6.45) is 1.78. The number of rotatable bonds is 2. The van der Waals surface area contributed by atoms with Crippen LogP contribution in [0.25, 0.3) is 0 Å². The second kappa shape index (κ2) is 6.35. The third-order valence-electron chi connectivity index (χ3n) is 4.84. The molecule has 1 saturated heterocycles. The Balaban J connectivity index is 1.45. The molecular weight excluding hydrogens is 358 g/mol. The highest BCUT2D eigenvalue weighted by molar-refractivity contribution is 7.10. The molecule has 0 radical (unpaired) electrons. The number of hydrogen-bond acceptors (Lipinski definition) is 4. The second-order valence-corrected chi connectivity index (χ2v) is 7.90. The van der Waals surface area contributed by atoms with Gasteiger partial charge in [0.15, 0.2) is 0 Å². The van der Waals surface area contributed by atoms with E-state index in [1.807, 2.05) is 34.5 Å². The first kappa shape index (κ1) is 16.4. The van der Waals surface area contributed by atoms with Crippen LogP contribution in [0.1, 0.15) is 28.1 Å². The van der Waals surface area contributed by atoms with E-state index < -0.39 is 5.66 Å². The van der Waals surface area contributed by atoms with E-state index in [9.17, 15) is 9.59 Å². The van der Waals surface area contributed by atoms with Crippen LogP contribution in [-0.2, 0) is 11.2 Å². The van der Waals surface area contributed by atoms with Crippen molar-refractivity contribution in [2.75, 3.05) is 18.4 Å². The number of nitrogens with one attached hydrogen (secondary N) is 2. The van der Waals surface area contributed by atoms with E-state index in [4.69, 9.17) is 11.6 Å². The fraction of sp³-hybridized carbons (Fsp3) is 0.333. The minimum atomic E-state index is -0.505. The van der Waals surface area contributed by atoms with Gasteiger partial charge in [-0.25, -0.2) is 0 Å². The molecule has 0 aliphatic carbocycles. The molecule has 1 spiro atoms. The molecule has 7 heteroatoms. The number of benzene rings is 1. The fourth-order valence-electron chi connectivity index (χ4n) is 3.49. The van der Waals surface area contributed by atoms with Gasteiger partial charge in [-0.3, -0.25) is 9.59 Å². The minimum Gasteiger partial charge on any atom is -0.362 e. The van der Waals surface area contributed by atoms with Crippen LogP contribution >= 0.6 is 22.9 Å². The van der Waals surface area contributed by atoms with Crippen LogP contribution in [0.3, 0.4) is 0 Å². The van der Waals surface area contributed by atoms with Gasteiger partial charge >= 0.3 is 0 Å². The van der Waals surface area contributed by atoms with Gasteiger partial charge in [0.1, 0.15) is 5.66 Å². The topological polar surface area (TPSA) is 61.4 Å². The molecule has 2 N–H and O–H groups in total. The number of carbonyl (C=O) groups excluding carboxylic acids is 2. The standard InChI is InChI=1S/C18H18ClN3O2S/c19-13-4-1-5-14-16(13)17(24)21-18(20-14)6-8-22(9-7-18)15(23)11-12-3-2-10-25-12/h1-5,10,20H,6-9,11H2,(H,21,24). The van der Waals surface area contributed by atoms with E-state index in [0.717, 1.165) is 10.6 Å². The van der Waals surface area contributed by atoms with Crippen molar-refractivity contribution in [3.63, 3.8) is 0 Å². The largest absolute Gasteiger partial charge is 0.362 e. The Morgan fingerprint density at radius 3 is 2.72 bits per heavy atom. The molecule has 2 amide bonds. The number of fused-ring (bicyclic) bond motifs is 1. The van der Waals surface area contributed by atoms with E-state index in [-0.39, 0.29) is 11.8 Å². The third kappa shape index (κ3) is 3.12. The molecule has 2 aromatic rings. The number of thiophene rings is 1. The molecule has 0 atom stereocenters. The van der Waals surface area contributed by atoms with Gasteiger partial charge in [0.05, 0.1) is 22.7 Å². The number of hydrogen-bond donors (Lipinski definition) is 2. The molecule has 4 rings (SSSR count). The first-order valence-corrected chi connectivity index (χ1v) is 9.51. The van der Waals surface area contributed by atoms with Crippen molar-refractivity contribution >= 4 is 40.4 Å². The number of nitrogens with zero attached hydrogens (tertiary/aromatic N) is 1. The van der Waals surface area contributed by atoms with Crippen molar-refractivity contribution in [2.24, 2.45) is 0 Å². The molecule has 130 valence electrons. The minimum absolute atomic E-state index is 0.142. The average molecular weight is 376 g/mol. The summed E-state index contributed by atoms with van der Waals surface area (Å²) in [5.74, 6) is -0.0133. The number of carbonyl (C=O) groups is 2. The zero-order valence-electron chi connectivity index (χ0n) is 13.5. The maximum Gasteiger partial charge on any atom is 0.256 e.